The van der Waals surface area contributed by atoms with Crippen LogP contribution in [-0.2, 0) is 6.42 Å². The van der Waals surface area contributed by atoms with E-state index in [9.17, 15) is 0 Å². The molecule has 0 aliphatic carbocycles. The van der Waals surface area contributed by atoms with Crippen molar-refractivity contribution in [3.8, 4) is 44.8 Å². The number of rotatable bonds is 12. The molecule has 3 aromatic heterocycles. The monoisotopic (exact) mass is 1100 g/mol. The van der Waals surface area contributed by atoms with Crippen LogP contribution < -0.4 is 4.90 Å². The molecule has 0 spiro atoms. The van der Waals surface area contributed by atoms with E-state index in [4.69, 9.17) is 0 Å². The maximum Gasteiger partial charge on any atom is 0.0719 e. The zero-order valence-corrected chi connectivity index (χ0v) is 47.4. The maximum absolute atomic E-state index is 2.50. The van der Waals surface area contributed by atoms with Crippen LogP contribution in [0.2, 0.25) is 0 Å². The van der Waals surface area contributed by atoms with Gasteiger partial charge in [-0.3, -0.25) is 0 Å². The summed E-state index contributed by atoms with van der Waals surface area (Å²) < 4.78 is 7.58. The standard InChI is InChI=1S/C81H55N3S/c1-6-24-55(25-7-1)48-60(58-42-44-70-69-37-19-22-40-76(69)83(77(70)53-58)66-51-61(56-26-8-2-9-27-56)50-62(52-66)57-28-10-3-11-29-57)49-59-30-16-17-35-67(59)68-36-18-21-39-75(68)82(63-31-12-4-13-32-63)65-43-45-71-73-46-47-74-72-38-20-23-41-79(72)85-81(74)80(73)84(78(71)54-65)64-33-14-5-15-34-64/h1-47,49-54H,48H2/b60-49-. The van der Waals surface area contributed by atoms with Crippen LogP contribution in [0.5, 0.6) is 0 Å². The van der Waals surface area contributed by atoms with Gasteiger partial charge in [-0.05, 0) is 135 Å². The van der Waals surface area contributed by atoms with Crippen LogP contribution >= 0.6 is 11.3 Å². The van der Waals surface area contributed by atoms with E-state index in [-0.39, 0.29) is 0 Å². The summed E-state index contributed by atoms with van der Waals surface area (Å²) in [6.07, 6.45) is 3.19. The van der Waals surface area contributed by atoms with Crippen LogP contribution in [-0.4, -0.2) is 9.13 Å². The number of benzene rings is 13. The lowest BCUT2D eigenvalue weighted by Crippen LogP contribution is -2.11. The lowest BCUT2D eigenvalue weighted by atomic mass is 9.91. The van der Waals surface area contributed by atoms with Crippen molar-refractivity contribution < 1.29 is 0 Å². The number of allylic oxidation sites excluding steroid dienone is 1. The molecule has 0 unspecified atom stereocenters. The molecule has 0 fully saturated rings. The number of thiophene rings is 1. The van der Waals surface area contributed by atoms with E-state index in [1.165, 1.54) is 91.7 Å². The van der Waals surface area contributed by atoms with Crippen molar-refractivity contribution >= 4 is 104 Å². The smallest absolute Gasteiger partial charge is 0.0719 e. The van der Waals surface area contributed by atoms with Gasteiger partial charge < -0.3 is 14.0 Å². The minimum atomic E-state index is 0.740. The van der Waals surface area contributed by atoms with Crippen LogP contribution in [0, 0.1) is 0 Å². The second-order valence-corrected chi connectivity index (χ2v) is 23.1. The molecule has 0 saturated carbocycles. The predicted molar refractivity (Wildman–Crippen MR) is 363 cm³/mol. The molecule has 85 heavy (non-hydrogen) atoms. The summed E-state index contributed by atoms with van der Waals surface area (Å²) in [6, 6.07) is 116. The summed E-state index contributed by atoms with van der Waals surface area (Å²) in [7, 11) is 0. The fourth-order valence-corrected chi connectivity index (χ4v) is 14.3. The molecule has 4 heteroatoms. The van der Waals surface area contributed by atoms with Crippen LogP contribution in [0.1, 0.15) is 16.7 Å². The van der Waals surface area contributed by atoms with Gasteiger partial charge in [-0.15, -0.1) is 11.3 Å². The summed E-state index contributed by atoms with van der Waals surface area (Å²) in [5.41, 5.74) is 22.0. The van der Waals surface area contributed by atoms with Crippen LogP contribution in [0.15, 0.2) is 315 Å². The summed E-state index contributed by atoms with van der Waals surface area (Å²) in [5, 5.41) is 7.50. The fourth-order valence-electron chi connectivity index (χ4n) is 13.0. The van der Waals surface area contributed by atoms with Gasteiger partial charge in [-0.25, -0.2) is 0 Å². The number of hydrogen-bond donors (Lipinski definition) is 0. The van der Waals surface area contributed by atoms with Crippen molar-refractivity contribution in [2.75, 3.05) is 4.90 Å². The van der Waals surface area contributed by atoms with Gasteiger partial charge in [0.1, 0.15) is 0 Å². The summed E-state index contributed by atoms with van der Waals surface area (Å²) >= 11 is 1.89. The first-order valence-corrected chi connectivity index (χ1v) is 30.0. The minimum Gasteiger partial charge on any atom is -0.310 e. The normalized spacial score (nSPS) is 11.9. The van der Waals surface area contributed by atoms with Crippen molar-refractivity contribution in [2.24, 2.45) is 0 Å². The molecule has 0 amide bonds. The van der Waals surface area contributed by atoms with Gasteiger partial charge >= 0.3 is 0 Å². The molecule has 16 rings (SSSR count). The van der Waals surface area contributed by atoms with Crippen LogP contribution in [0.4, 0.5) is 17.1 Å². The Hall–Kier alpha value is -10.8. The third-order valence-corrected chi connectivity index (χ3v) is 18.1. The van der Waals surface area contributed by atoms with Crippen molar-refractivity contribution in [3.63, 3.8) is 0 Å². The van der Waals surface area contributed by atoms with E-state index in [2.05, 4.69) is 336 Å². The first kappa shape index (κ1) is 50.0. The topological polar surface area (TPSA) is 13.1 Å². The average Bonchev–Trinajstić information content (AvgIpc) is 2.34. The molecule has 0 aliphatic heterocycles. The third-order valence-electron chi connectivity index (χ3n) is 16.9. The molecule has 0 aliphatic rings. The minimum absolute atomic E-state index is 0.740. The molecule has 0 atom stereocenters. The first-order valence-electron chi connectivity index (χ1n) is 29.2. The zero-order valence-electron chi connectivity index (χ0n) is 46.6. The Morgan fingerprint density at radius 2 is 0.906 bits per heavy atom. The lowest BCUT2D eigenvalue weighted by molar-refractivity contribution is 1.18. The van der Waals surface area contributed by atoms with Crippen molar-refractivity contribution in [1.82, 2.24) is 9.13 Å². The molecule has 0 saturated heterocycles. The highest BCUT2D eigenvalue weighted by molar-refractivity contribution is 7.26. The second-order valence-electron chi connectivity index (χ2n) is 22.0. The van der Waals surface area contributed by atoms with Gasteiger partial charge in [-0.2, -0.15) is 0 Å². The van der Waals surface area contributed by atoms with Crippen molar-refractivity contribution in [1.29, 1.82) is 0 Å². The fraction of sp³-hybridized carbons (Fsp3) is 0.0123. The molecule has 13 aromatic carbocycles. The van der Waals surface area contributed by atoms with Gasteiger partial charge in [-0.1, -0.05) is 243 Å². The van der Waals surface area contributed by atoms with E-state index in [1.54, 1.807) is 0 Å². The number of para-hydroxylation sites is 4. The van der Waals surface area contributed by atoms with Crippen LogP contribution in [0.25, 0.3) is 120 Å². The van der Waals surface area contributed by atoms with Crippen LogP contribution in [0.3, 0.4) is 0 Å². The highest BCUT2D eigenvalue weighted by Crippen LogP contribution is 2.47. The van der Waals surface area contributed by atoms with Gasteiger partial charge in [0.25, 0.3) is 0 Å². The molecule has 0 N–H and O–H groups in total. The van der Waals surface area contributed by atoms with E-state index in [0.717, 1.165) is 62.6 Å². The first-order chi connectivity index (χ1) is 42.2. The highest BCUT2D eigenvalue weighted by atomic mass is 32.1. The van der Waals surface area contributed by atoms with Crippen molar-refractivity contribution in [3.05, 3.63) is 332 Å². The quantitative estimate of drug-likeness (QED) is 0.111. The van der Waals surface area contributed by atoms with E-state index < -0.39 is 0 Å². The molecule has 3 heterocycles. The van der Waals surface area contributed by atoms with E-state index in [1.807, 2.05) is 11.3 Å². The Morgan fingerprint density at radius 1 is 0.353 bits per heavy atom. The Labute approximate surface area is 498 Å². The lowest BCUT2D eigenvalue weighted by Gasteiger charge is -2.28. The Balaban J connectivity index is 0.876. The molecule has 400 valence electrons. The second kappa shape index (κ2) is 21.2. The van der Waals surface area contributed by atoms with E-state index >= 15 is 0 Å². The largest absolute Gasteiger partial charge is 0.310 e. The molecular formula is C81H55N3S. The van der Waals surface area contributed by atoms with E-state index in [0.29, 0.717) is 0 Å². The number of nitrogens with zero attached hydrogens (tertiary/aromatic N) is 3. The number of fused-ring (bicyclic) bond motifs is 10. The Bertz CT molecular complexity index is 5130. The SMILES string of the molecule is C(=C(\Cc1ccccc1)c1ccc2c3ccccc3n(-c3cc(-c4ccccc4)cc(-c4ccccc4)c3)c2c1)/c1ccccc1-c1ccccc1N(c1ccccc1)c1ccc2c3ccc4c5ccccc5sc4c3n(-c3ccccc3)c2c1. The molecule has 0 radical (unpaired) electrons. The molecule has 3 nitrogen and oxygen atoms in total. The predicted octanol–water partition coefficient (Wildman–Crippen LogP) is 22.5. The number of aromatic nitrogens is 2. The summed E-state index contributed by atoms with van der Waals surface area (Å²) in [5.74, 6) is 0. The molecular weight excluding hydrogens is 1050 g/mol. The Morgan fingerprint density at radius 3 is 1.66 bits per heavy atom. The maximum atomic E-state index is 2.50. The molecule has 0 bridgehead atoms. The zero-order chi connectivity index (χ0) is 56.2. The third kappa shape index (κ3) is 8.91. The number of anilines is 3. The Kier molecular flexibility index (Phi) is 12.5. The summed E-state index contributed by atoms with van der Waals surface area (Å²) in [6.45, 7) is 0. The van der Waals surface area contributed by atoms with Crippen molar-refractivity contribution in [2.45, 2.75) is 6.42 Å². The van der Waals surface area contributed by atoms with Gasteiger partial charge in [0, 0.05) is 65.3 Å². The molecule has 16 aromatic rings. The average molecular weight is 1100 g/mol. The summed E-state index contributed by atoms with van der Waals surface area (Å²) in [4.78, 5) is 2.45. The number of hydrogen-bond acceptors (Lipinski definition) is 2. The van der Waals surface area contributed by atoms with Gasteiger partial charge in [0.2, 0.25) is 0 Å². The van der Waals surface area contributed by atoms with Gasteiger partial charge in [0.15, 0.2) is 0 Å². The highest BCUT2D eigenvalue weighted by Gasteiger charge is 2.24. The van der Waals surface area contributed by atoms with Gasteiger partial charge in [0.05, 0.1) is 32.5 Å².